The maximum absolute atomic E-state index is 11.9. The van der Waals surface area contributed by atoms with Crippen LogP contribution in [0.2, 0.25) is 0 Å². The van der Waals surface area contributed by atoms with E-state index in [2.05, 4.69) is 22.6 Å². The molecule has 5 heteroatoms. The molecule has 0 aliphatic heterocycles. The third kappa shape index (κ3) is 2.40. The van der Waals surface area contributed by atoms with Gasteiger partial charge in [-0.2, -0.15) is 0 Å². The number of para-hydroxylation sites is 1. The van der Waals surface area contributed by atoms with Crippen LogP contribution in [0, 0.1) is 3.57 Å². The minimum Gasteiger partial charge on any atom is -0.372 e. The summed E-state index contributed by atoms with van der Waals surface area (Å²) in [5, 5.41) is 0.414. The maximum Gasteiger partial charge on any atom is 0.422 e. The van der Waals surface area contributed by atoms with Gasteiger partial charge < -0.3 is 4.42 Å². The van der Waals surface area contributed by atoms with Gasteiger partial charge in [0.05, 0.1) is 17.4 Å². The number of hydrogen-bond acceptors (Lipinski definition) is 3. The molecular weight excluding hydrogens is 369 g/mol. The number of halogens is 1. The lowest BCUT2D eigenvalue weighted by Crippen LogP contribution is -2.25. The molecule has 0 saturated heterocycles. The number of rotatable bonds is 2. The molecule has 0 unspecified atom stereocenters. The van der Waals surface area contributed by atoms with E-state index < -0.39 is 11.4 Å². The zero-order chi connectivity index (χ0) is 14.1. The van der Waals surface area contributed by atoms with Crippen LogP contribution >= 0.6 is 22.6 Å². The molecule has 4 nitrogen and oxygen atoms in total. The lowest BCUT2D eigenvalue weighted by atomic mass is 10.2. The van der Waals surface area contributed by atoms with Gasteiger partial charge in [-0.05, 0) is 52.4 Å². The number of aromatic nitrogens is 1. The molecular formula is C15H10INO3. The van der Waals surface area contributed by atoms with E-state index in [-0.39, 0.29) is 0 Å². The quantitative estimate of drug-likeness (QED) is 0.644. The van der Waals surface area contributed by atoms with Crippen LogP contribution in [-0.2, 0) is 6.54 Å². The first-order valence-electron chi connectivity index (χ1n) is 6.02. The number of benzene rings is 2. The van der Waals surface area contributed by atoms with Crippen molar-refractivity contribution in [2.75, 3.05) is 0 Å². The Morgan fingerprint density at radius 1 is 1.00 bits per heavy atom. The molecule has 2 aromatic carbocycles. The highest BCUT2D eigenvalue weighted by atomic mass is 127. The Kier molecular flexibility index (Phi) is 3.43. The molecule has 1 aromatic heterocycles. The van der Waals surface area contributed by atoms with Crippen molar-refractivity contribution in [1.29, 1.82) is 0 Å². The second-order valence-corrected chi connectivity index (χ2v) is 5.63. The lowest BCUT2D eigenvalue weighted by Gasteiger charge is -2.08. The Hall–Kier alpha value is -1.89. The van der Waals surface area contributed by atoms with Crippen molar-refractivity contribution in [3.8, 4) is 0 Å². The van der Waals surface area contributed by atoms with E-state index in [9.17, 15) is 9.59 Å². The second-order valence-electron chi connectivity index (χ2n) is 4.39. The Bertz CT molecular complexity index is 878. The second kappa shape index (κ2) is 5.24. The fourth-order valence-electron chi connectivity index (χ4n) is 2.09. The molecule has 0 N–H and O–H groups in total. The van der Waals surface area contributed by atoms with Gasteiger partial charge in [0.2, 0.25) is 0 Å². The van der Waals surface area contributed by atoms with Crippen LogP contribution in [0.15, 0.2) is 62.5 Å². The highest BCUT2D eigenvalue weighted by Gasteiger charge is 2.09. The molecule has 0 aliphatic carbocycles. The van der Waals surface area contributed by atoms with Crippen LogP contribution < -0.4 is 11.4 Å². The van der Waals surface area contributed by atoms with Crippen LogP contribution in [0.5, 0.6) is 0 Å². The molecule has 20 heavy (non-hydrogen) atoms. The molecule has 0 saturated carbocycles. The molecule has 0 aliphatic rings. The van der Waals surface area contributed by atoms with E-state index in [0.29, 0.717) is 17.4 Å². The van der Waals surface area contributed by atoms with Gasteiger partial charge >= 0.3 is 11.4 Å². The minimum atomic E-state index is -0.632. The van der Waals surface area contributed by atoms with E-state index in [1.165, 1.54) is 4.57 Å². The van der Waals surface area contributed by atoms with Crippen molar-refractivity contribution in [1.82, 2.24) is 4.57 Å². The zero-order valence-corrected chi connectivity index (χ0v) is 12.5. The molecule has 0 atom stereocenters. The first-order chi connectivity index (χ1) is 9.65. The van der Waals surface area contributed by atoms with Crippen molar-refractivity contribution in [3.05, 3.63) is 78.6 Å². The summed E-state index contributed by atoms with van der Waals surface area (Å²) in [5.41, 5.74) is 0.975. The molecule has 3 aromatic rings. The third-order valence-electron chi connectivity index (χ3n) is 3.07. The van der Waals surface area contributed by atoms with Crippen molar-refractivity contribution >= 4 is 33.5 Å². The monoisotopic (exact) mass is 379 g/mol. The number of fused-ring (bicyclic) bond motifs is 1. The summed E-state index contributed by atoms with van der Waals surface area (Å²) in [6.07, 6.45) is 0. The van der Waals surface area contributed by atoms with Crippen LogP contribution in [0.4, 0.5) is 0 Å². The first kappa shape index (κ1) is 13.1. The first-order valence-corrected chi connectivity index (χ1v) is 7.10. The Balaban J connectivity index is 2.18. The van der Waals surface area contributed by atoms with Crippen molar-refractivity contribution in [3.63, 3.8) is 0 Å². The molecule has 0 spiro atoms. The predicted molar refractivity (Wildman–Crippen MR) is 85.0 cm³/mol. The Morgan fingerprint density at radius 2 is 1.70 bits per heavy atom. The van der Waals surface area contributed by atoms with E-state index in [1.807, 2.05) is 24.3 Å². The molecule has 1 heterocycles. The maximum atomic E-state index is 11.9. The van der Waals surface area contributed by atoms with Crippen molar-refractivity contribution < 1.29 is 4.42 Å². The minimum absolute atomic E-state index is 0.375. The van der Waals surface area contributed by atoms with Gasteiger partial charge in [-0.1, -0.05) is 24.3 Å². The summed E-state index contributed by atoms with van der Waals surface area (Å²) in [6, 6.07) is 14.8. The summed E-state index contributed by atoms with van der Waals surface area (Å²) in [4.78, 5) is 23.6. The van der Waals surface area contributed by atoms with Gasteiger partial charge in [0.1, 0.15) is 0 Å². The summed E-state index contributed by atoms with van der Waals surface area (Å²) in [7, 11) is 0. The van der Waals surface area contributed by atoms with Gasteiger partial charge in [-0.3, -0.25) is 4.57 Å². The van der Waals surface area contributed by atoms with Crippen molar-refractivity contribution in [2.24, 2.45) is 0 Å². The van der Waals surface area contributed by atoms with Crippen LogP contribution in [0.3, 0.4) is 0 Å². The van der Waals surface area contributed by atoms with E-state index in [4.69, 9.17) is 4.42 Å². The fourth-order valence-corrected chi connectivity index (χ4v) is 2.45. The number of hydrogen-bond donors (Lipinski definition) is 0. The lowest BCUT2D eigenvalue weighted by molar-refractivity contribution is 0.425. The highest BCUT2D eigenvalue weighted by Crippen LogP contribution is 2.11. The molecule has 0 fully saturated rings. The standard InChI is InChI=1S/C15H10INO3/c16-11-7-5-10(6-8-11)9-17-13-4-2-1-3-12(13)14(18)20-15(17)19/h1-8H,9H2. The third-order valence-corrected chi connectivity index (χ3v) is 3.79. The van der Waals surface area contributed by atoms with Gasteiger partial charge in [-0.25, -0.2) is 9.59 Å². The Morgan fingerprint density at radius 3 is 2.45 bits per heavy atom. The molecule has 0 radical (unpaired) electrons. The summed E-state index contributed by atoms with van der Waals surface area (Å²) >= 11 is 2.22. The number of nitrogens with zero attached hydrogens (tertiary/aromatic N) is 1. The smallest absolute Gasteiger partial charge is 0.372 e. The summed E-state index contributed by atoms with van der Waals surface area (Å²) < 4.78 is 7.37. The molecule has 0 amide bonds. The molecule has 0 bridgehead atoms. The normalized spacial score (nSPS) is 10.8. The van der Waals surface area contributed by atoms with Crippen LogP contribution in [0.25, 0.3) is 10.9 Å². The topological polar surface area (TPSA) is 52.2 Å². The van der Waals surface area contributed by atoms with Gasteiger partial charge in [0.15, 0.2) is 0 Å². The predicted octanol–water partition coefficient (Wildman–Crippen LogP) is 2.61. The van der Waals surface area contributed by atoms with Crippen LogP contribution in [0.1, 0.15) is 5.56 Å². The molecule has 100 valence electrons. The van der Waals surface area contributed by atoms with Crippen molar-refractivity contribution in [2.45, 2.75) is 6.54 Å². The fraction of sp³-hybridized carbons (Fsp3) is 0.0667. The van der Waals surface area contributed by atoms with Crippen LogP contribution in [-0.4, -0.2) is 4.57 Å². The van der Waals surface area contributed by atoms with E-state index >= 15 is 0 Å². The molecule has 3 rings (SSSR count). The van der Waals surface area contributed by atoms with E-state index in [0.717, 1.165) is 9.13 Å². The summed E-state index contributed by atoms with van der Waals surface area (Å²) in [5.74, 6) is -0.632. The highest BCUT2D eigenvalue weighted by molar-refractivity contribution is 14.1. The SMILES string of the molecule is O=c1oc(=O)n(Cc2ccc(I)cc2)c2ccccc12. The van der Waals surface area contributed by atoms with Gasteiger partial charge in [0.25, 0.3) is 0 Å². The van der Waals surface area contributed by atoms with E-state index in [1.54, 1.807) is 24.3 Å². The van der Waals surface area contributed by atoms with Gasteiger partial charge in [0, 0.05) is 3.57 Å². The largest absolute Gasteiger partial charge is 0.422 e. The average Bonchev–Trinajstić information content (AvgIpc) is 2.45. The average molecular weight is 379 g/mol. The Labute approximate surface area is 127 Å². The zero-order valence-electron chi connectivity index (χ0n) is 10.4. The summed E-state index contributed by atoms with van der Waals surface area (Å²) in [6.45, 7) is 0.375. The van der Waals surface area contributed by atoms with Gasteiger partial charge in [-0.15, -0.1) is 0 Å².